The highest BCUT2D eigenvalue weighted by atomic mass is 32.1. The van der Waals surface area contributed by atoms with Gasteiger partial charge in [0.15, 0.2) is 10.1 Å². The lowest BCUT2D eigenvalue weighted by Gasteiger charge is -2.27. The molecule has 0 bridgehead atoms. The third-order valence-electron chi connectivity index (χ3n) is 2.95. The molecule has 0 spiro atoms. The topological polar surface area (TPSA) is 114 Å². The first-order valence-corrected chi connectivity index (χ1v) is 8.22. The van der Waals surface area contributed by atoms with Crippen molar-refractivity contribution in [3.63, 3.8) is 0 Å². The number of hydrogen-bond acceptors (Lipinski definition) is 8. The van der Waals surface area contributed by atoms with Crippen LogP contribution in [0.5, 0.6) is 10.1 Å². The summed E-state index contributed by atoms with van der Waals surface area (Å²) in [4.78, 5) is 34.1. The Morgan fingerprint density at radius 3 is 2.04 bits per heavy atom. The van der Waals surface area contributed by atoms with Gasteiger partial charge in [-0.05, 0) is 29.6 Å². The average molecular weight is 370 g/mol. The van der Waals surface area contributed by atoms with E-state index in [4.69, 9.17) is 9.47 Å². The van der Waals surface area contributed by atoms with Crippen LogP contribution < -0.4 is 20.1 Å². The maximum Gasteiger partial charge on any atom is 0.328 e. The summed E-state index contributed by atoms with van der Waals surface area (Å²) in [5.41, 5.74) is -2.39. The van der Waals surface area contributed by atoms with E-state index in [2.05, 4.69) is 0 Å². The second kappa shape index (κ2) is 7.43. The van der Waals surface area contributed by atoms with Gasteiger partial charge in [0.05, 0.1) is 19.1 Å². The van der Waals surface area contributed by atoms with E-state index in [1.165, 1.54) is 19.2 Å². The Balaban J connectivity index is 0.000000249. The normalized spacial score (nSPS) is 15.7. The molecular formula is C14H14N2O6S2. The van der Waals surface area contributed by atoms with Gasteiger partial charge >= 0.3 is 6.03 Å². The minimum absolute atomic E-state index is 0.0804. The van der Waals surface area contributed by atoms with Crippen LogP contribution in [0.1, 0.15) is 4.88 Å². The molecular weight excluding hydrogens is 356 g/mol. The third kappa shape index (κ3) is 3.55. The SMILES string of the molecule is COc1ccc(C2(O)C(=O)NC(=O)NC2=O)s1.COc1cccs1. The van der Waals surface area contributed by atoms with Crippen molar-refractivity contribution >= 4 is 40.5 Å². The summed E-state index contributed by atoms with van der Waals surface area (Å²) >= 11 is 2.54. The molecule has 0 aromatic carbocycles. The average Bonchev–Trinajstić information content (AvgIpc) is 3.24. The number of carbonyl (C=O) groups is 3. The molecule has 3 N–H and O–H groups in total. The van der Waals surface area contributed by atoms with Crippen LogP contribution in [0.25, 0.3) is 0 Å². The molecule has 8 nitrogen and oxygen atoms in total. The standard InChI is InChI=1S/C9H8N2O5S.C5H6OS/c1-16-5-3-2-4(17-5)9(15)6(12)10-8(14)11-7(9)13;1-6-5-3-2-4-7-5/h2-3,15H,1H3,(H2,10,11,12,13,14);2-4H,1H3. The van der Waals surface area contributed by atoms with E-state index in [0.29, 0.717) is 5.06 Å². The summed E-state index contributed by atoms with van der Waals surface area (Å²) in [5.74, 6) is -2.15. The van der Waals surface area contributed by atoms with E-state index in [-0.39, 0.29) is 4.88 Å². The van der Waals surface area contributed by atoms with Crippen molar-refractivity contribution in [2.45, 2.75) is 5.60 Å². The van der Waals surface area contributed by atoms with Gasteiger partial charge in [0.1, 0.15) is 0 Å². The minimum Gasteiger partial charge on any atom is -0.487 e. The number of nitrogens with one attached hydrogen (secondary N) is 2. The highest BCUT2D eigenvalue weighted by Gasteiger charge is 2.51. The number of urea groups is 1. The summed E-state index contributed by atoms with van der Waals surface area (Å²) in [5, 5.41) is 17.1. The largest absolute Gasteiger partial charge is 0.487 e. The number of carbonyl (C=O) groups excluding carboxylic acids is 3. The number of rotatable bonds is 3. The van der Waals surface area contributed by atoms with Crippen LogP contribution in [-0.2, 0) is 15.2 Å². The Hall–Kier alpha value is -2.43. The predicted molar refractivity (Wildman–Crippen MR) is 87.3 cm³/mol. The van der Waals surface area contributed by atoms with Crippen molar-refractivity contribution in [2.24, 2.45) is 0 Å². The number of amides is 4. The first-order chi connectivity index (χ1) is 11.4. The Kier molecular flexibility index (Phi) is 5.54. The van der Waals surface area contributed by atoms with Crippen LogP contribution in [-0.4, -0.2) is 37.2 Å². The molecule has 0 aliphatic carbocycles. The second-order valence-electron chi connectivity index (χ2n) is 4.41. The molecule has 1 aliphatic heterocycles. The van der Waals surface area contributed by atoms with E-state index in [0.717, 1.165) is 16.4 Å². The van der Waals surface area contributed by atoms with Crippen molar-refractivity contribution in [2.75, 3.05) is 14.2 Å². The molecule has 24 heavy (non-hydrogen) atoms. The fourth-order valence-corrected chi connectivity index (χ4v) is 3.20. The Bertz CT molecular complexity index is 720. The molecule has 3 rings (SSSR count). The summed E-state index contributed by atoms with van der Waals surface area (Å²) in [6.07, 6.45) is 0. The third-order valence-corrected chi connectivity index (χ3v) is 4.93. The van der Waals surface area contributed by atoms with E-state index >= 15 is 0 Å². The molecule has 3 heterocycles. The highest BCUT2D eigenvalue weighted by molar-refractivity contribution is 7.14. The quantitative estimate of drug-likeness (QED) is 0.697. The number of aliphatic hydroxyl groups is 1. The van der Waals surface area contributed by atoms with E-state index in [1.54, 1.807) is 18.4 Å². The summed E-state index contributed by atoms with van der Waals surface area (Å²) < 4.78 is 9.77. The van der Waals surface area contributed by atoms with Gasteiger partial charge in [0, 0.05) is 0 Å². The van der Waals surface area contributed by atoms with Gasteiger partial charge in [-0.1, -0.05) is 0 Å². The smallest absolute Gasteiger partial charge is 0.328 e. The molecule has 0 atom stereocenters. The lowest BCUT2D eigenvalue weighted by Crippen LogP contribution is -2.64. The first kappa shape index (κ1) is 17.9. The number of thiophene rings is 2. The lowest BCUT2D eigenvalue weighted by molar-refractivity contribution is -0.155. The summed E-state index contributed by atoms with van der Waals surface area (Å²) in [6, 6.07) is 5.84. The van der Waals surface area contributed by atoms with Crippen LogP contribution in [0.3, 0.4) is 0 Å². The molecule has 1 saturated heterocycles. The summed E-state index contributed by atoms with van der Waals surface area (Å²) in [6.45, 7) is 0. The van der Waals surface area contributed by atoms with Crippen LogP contribution >= 0.6 is 22.7 Å². The van der Waals surface area contributed by atoms with Crippen molar-refractivity contribution in [1.82, 2.24) is 10.6 Å². The molecule has 0 saturated carbocycles. The fourth-order valence-electron chi connectivity index (χ4n) is 1.75. The van der Waals surface area contributed by atoms with Crippen molar-refractivity contribution in [3.8, 4) is 10.1 Å². The molecule has 1 aliphatic rings. The first-order valence-electron chi connectivity index (χ1n) is 6.52. The van der Waals surface area contributed by atoms with Crippen molar-refractivity contribution < 1.29 is 29.0 Å². The maximum atomic E-state index is 11.6. The fraction of sp³-hybridized carbons (Fsp3) is 0.214. The number of imide groups is 2. The van der Waals surface area contributed by atoms with Gasteiger partial charge in [-0.15, -0.1) is 22.7 Å². The molecule has 2 aromatic rings. The zero-order valence-corrected chi connectivity index (χ0v) is 14.3. The van der Waals surface area contributed by atoms with E-state index < -0.39 is 23.4 Å². The molecule has 4 amide bonds. The number of methoxy groups -OCH3 is 2. The number of ether oxygens (including phenoxy) is 2. The van der Waals surface area contributed by atoms with Crippen LogP contribution in [0.2, 0.25) is 0 Å². The second-order valence-corrected chi connectivity index (χ2v) is 6.36. The van der Waals surface area contributed by atoms with Crippen molar-refractivity contribution in [1.29, 1.82) is 0 Å². The van der Waals surface area contributed by atoms with Crippen LogP contribution in [0.4, 0.5) is 4.79 Å². The van der Waals surface area contributed by atoms with Gasteiger partial charge in [-0.3, -0.25) is 20.2 Å². The minimum atomic E-state index is -2.39. The lowest BCUT2D eigenvalue weighted by atomic mass is 9.98. The van der Waals surface area contributed by atoms with Gasteiger partial charge < -0.3 is 14.6 Å². The molecule has 128 valence electrons. The molecule has 10 heteroatoms. The van der Waals surface area contributed by atoms with E-state index in [9.17, 15) is 19.5 Å². The monoisotopic (exact) mass is 370 g/mol. The number of barbiturate groups is 1. The van der Waals surface area contributed by atoms with Crippen LogP contribution in [0.15, 0.2) is 29.6 Å². The maximum absolute atomic E-state index is 11.6. The van der Waals surface area contributed by atoms with Gasteiger partial charge in [-0.25, -0.2) is 4.79 Å². The molecule has 0 unspecified atom stereocenters. The molecule has 0 radical (unpaired) electrons. The zero-order valence-electron chi connectivity index (χ0n) is 12.7. The number of hydrogen-bond donors (Lipinski definition) is 3. The molecule has 2 aromatic heterocycles. The predicted octanol–water partition coefficient (Wildman–Crippen LogP) is 1.07. The van der Waals surface area contributed by atoms with Crippen molar-refractivity contribution in [3.05, 3.63) is 34.5 Å². The zero-order chi connectivity index (χ0) is 17.7. The molecule has 1 fully saturated rings. The Labute approximate surface area is 145 Å². The van der Waals surface area contributed by atoms with Crippen LogP contribution in [0, 0.1) is 0 Å². The van der Waals surface area contributed by atoms with Gasteiger partial charge in [-0.2, -0.15) is 0 Å². The summed E-state index contributed by atoms with van der Waals surface area (Å²) in [7, 11) is 3.09. The van der Waals surface area contributed by atoms with E-state index in [1.807, 2.05) is 28.1 Å². The Morgan fingerprint density at radius 2 is 1.62 bits per heavy atom. The Morgan fingerprint density at radius 1 is 1.00 bits per heavy atom. The highest BCUT2D eigenvalue weighted by Crippen LogP contribution is 2.34. The van der Waals surface area contributed by atoms with Gasteiger partial charge in [0.2, 0.25) is 0 Å². The van der Waals surface area contributed by atoms with Gasteiger partial charge in [0.25, 0.3) is 17.4 Å².